The molecule has 0 spiro atoms. The van der Waals surface area contributed by atoms with E-state index in [1.807, 2.05) is 18.5 Å². The average Bonchev–Trinajstić information content (AvgIpc) is 2.75. The lowest BCUT2D eigenvalue weighted by Gasteiger charge is -2.35. The number of nitrogens with one attached hydrogen (secondary N) is 1. The molecule has 0 aromatic carbocycles. The molecule has 1 aliphatic carbocycles. The molecular weight excluding hydrogens is 196 g/mol. The van der Waals surface area contributed by atoms with Gasteiger partial charge in [0.05, 0.1) is 0 Å². The Morgan fingerprint density at radius 2 is 2.19 bits per heavy atom. The van der Waals surface area contributed by atoms with Crippen LogP contribution in [0.2, 0.25) is 0 Å². The Morgan fingerprint density at radius 3 is 2.75 bits per heavy atom. The predicted octanol–water partition coefficient (Wildman–Crippen LogP) is 3.31. The molecular formula is C14H22N2. The van der Waals surface area contributed by atoms with Gasteiger partial charge in [0.1, 0.15) is 0 Å². The second kappa shape index (κ2) is 4.96. The summed E-state index contributed by atoms with van der Waals surface area (Å²) in [5, 5.41) is 3.64. The average molecular weight is 218 g/mol. The first-order chi connectivity index (χ1) is 7.76. The molecule has 1 unspecified atom stereocenters. The first-order valence-corrected chi connectivity index (χ1v) is 6.39. The smallest absolute Gasteiger partial charge is 0.0389 e. The van der Waals surface area contributed by atoms with E-state index in [4.69, 9.17) is 0 Å². The van der Waals surface area contributed by atoms with Gasteiger partial charge < -0.3 is 5.32 Å². The topological polar surface area (TPSA) is 24.9 Å². The van der Waals surface area contributed by atoms with Gasteiger partial charge in [0.2, 0.25) is 0 Å². The second-order valence-electron chi connectivity index (χ2n) is 5.14. The highest BCUT2D eigenvalue weighted by molar-refractivity contribution is 5.17. The van der Waals surface area contributed by atoms with Gasteiger partial charge >= 0.3 is 0 Å². The Balaban J connectivity index is 2.23. The first-order valence-electron chi connectivity index (χ1n) is 6.39. The third-order valence-corrected chi connectivity index (χ3v) is 3.87. The Hall–Kier alpha value is -0.890. The number of rotatable bonds is 4. The van der Waals surface area contributed by atoms with E-state index in [9.17, 15) is 0 Å². The molecule has 2 rings (SSSR count). The van der Waals surface area contributed by atoms with Gasteiger partial charge in [-0.2, -0.15) is 0 Å². The number of pyridine rings is 1. The van der Waals surface area contributed by atoms with Crippen LogP contribution in [-0.4, -0.2) is 11.5 Å². The van der Waals surface area contributed by atoms with Crippen molar-refractivity contribution in [3.8, 4) is 0 Å². The molecule has 1 N–H and O–H groups in total. The van der Waals surface area contributed by atoms with Crippen LogP contribution >= 0.6 is 0 Å². The maximum Gasteiger partial charge on any atom is 0.0389 e. The van der Waals surface area contributed by atoms with Crippen LogP contribution in [0.15, 0.2) is 24.5 Å². The van der Waals surface area contributed by atoms with Crippen molar-refractivity contribution < 1.29 is 0 Å². The summed E-state index contributed by atoms with van der Waals surface area (Å²) in [5.41, 5.74) is 1.76. The fourth-order valence-corrected chi connectivity index (χ4v) is 2.99. The Morgan fingerprint density at radius 1 is 1.44 bits per heavy atom. The molecule has 0 radical (unpaired) electrons. The monoisotopic (exact) mass is 218 g/mol. The fraction of sp³-hybridized carbons (Fsp3) is 0.643. The van der Waals surface area contributed by atoms with E-state index in [-0.39, 0.29) is 0 Å². The second-order valence-corrected chi connectivity index (χ2v) is 5.14. The molecule has 88 valence electrons. The van der Waals surface area contributed by atoms with E-state index in [1.165, 1.54) is 31.2 Å². The van der Waals surface area contributed by atoms with E-state index in [0.717, 1.165) is 6.54 Å². The van der Waals surface area contributed by atoms with Crippen molar-refractivity contribution >= 4 is 0 Å². The van der Waals surface area contributed by atoms with Gasteiger partial charge in [0.15, 0.2) is 0 Å². The van der Waals surface area contributed by atoms with E-state index < -0.39 is 0 Å². The van der Waals surface area contributed by atoms with Crippen LogP contribution in [0.25, 0.3) is 0 Å². The molecule has 16 heavy (non-hydrogen) atoms. The van der Waals surface area contributed by atoms with Crippen molar-refractivity contribution in [1.29, 1.82) is 0 Å². The van der Waals surface area contributed by atoms with Crippen molar-refractivity contribution in [2.75, 3.05) is 6.54 Å². The molecule has 1 heterocycles. The molecule has 0 saturated heterocycles. The van der Waals surface area contributed by atoms with E-state index >= 15 is 0 Å². The largest absolute Gasteiger partial charge is 0.310 e. The van der Waals surface area contributed by atoms with Crippen molar-refractivity contribution in [2.24, 2.45) is 5.41 Å². The van der Waals surface area contributed by atoms with Gasteiger partial charge in [-0.1, -0.05) is 32.8 Å². The van der Waals surface area contributed by atoms with Crippen LogP contribution in [0.3, 0.4) is 0 Å². The lowest BCUT2D eigenvalue weighted by molar-refractivity contribution is 0.226. The molecule has 1 saturated carbocycles. The molecule has 1 aliphatic rings. The summed E-state index contributed by atoms with van der Waals surface area (Å²) in [5.74, 6) is 0. The zero-order valence-electron chi connectivity index (χ0n) is 10.4. The molecule has 0 amide bonds. The molecule has 1 aromatic rings. The predicted molar refractivity (Wildman–Crippen MR) is 67.2 cm³/mol. The minimum atomic E-state index is 0.416. The molecule has 2 nitrogen and oxygen atoms in total. The SMILES string of the molecule is CCNC(c1cccnc1)C1(C)CCCC1. The van der Waals surface area contributed by atoms with Crippen LogP contribution in [0, 0.1) is 5.41 Å². The fourth-order valence-electron chi connectivity index (χ4n) is 2.99. The first kappa shape index (κ1) is 11.6. The summed E-state index contributed by atoms with van der Waals surface area (Å²) in [7, 11) is 0. The number of hydrogen-bond acceptors (Lipinski definition) is 2. The van der Waals surface area contributed by atoms with E-state index in [2.05, 4.69) is 30.2 Å². The zero-order chi connectivity index (χ0) is 11.4. The lowest BCUT2D eigenvalue weighted by Crippen LogP contribution is -2.34. The summed E-state index contributed by atoms with van der Waals surface area (Å²) in [6.45, 7) is 5.62. The van der Waals surface area contributed by atoms with E-state index in [0.29, 0.717) is 11.5 Å². The summed E-state index contributed by atoms with van der Waals surface area (Å²) < 4.78 is 0. The van der Waals surface area contributed by atoms with Crippen molar-refractivity contribution in [3.05, 3.63) is 30.1 Å². The Bertz CT molecular complexity index is 315. The maximum absolute atomic E-state index is 4.25. The highest BCUT2D eigenvalue weighted by atomic mass is 14.9. The van der Waals surface area contributed by atoms with Crippen molar-refractivity contribution in [2.45, 2.75) is 45.6 Å². The molecule has 0 bridgehead atoms. The van der Waals surface area contributed by atoms with Gasteiger partial charge in [0.25, 0.3) is 0 Å². The van der Waals surface area contributed by atoms with Gasteiger partial charge in [-0.3, -0.25) is 4.98 Å². The van der Waals surface area contributed by atoms with Crippen LogP contribution < -0.4 is 5.32 Å². The Labute approximate surface area is 98.5 Å². The summed E-state index contributed by atoms with van der Waals surface area (Å²) in [6.07, 6.45) is 9.27. The quantitative estimate of drug-likeness (QED) is 0.838. The number of nitrogens with zero attached hydrogens (tertiary/aromatic N) is 1. The van der Waals surface area contributed by atoms with Gasteiger partial charge in [0, 0.05) is 18.4 Å². The summed E-state index contributed by atoms with van der Waals surface area (Å²) in [6, 6.07) is 4.70. The molecule has 2 heteroatoms. The molecule has 1 aromatic heterocycles. The van der Waals surface area contributed by atoms with Gasteiger partial charge in [-0.05, 0) is 36.4 Å². The van der Waals surface area contributed by atoms with E-state index in [1.54, 1.807) is 0 Å². The highest BCUT2D eigenvalue weighted by Crippen LogP contribution is 2.46. The van der Waals surface area contributed by atoms with Crippen LogP contribution in [0.4, 0.5) is 0 Å². The minimum Gasteiger partial charge on any atom is -0.310 e. The summed E-state index contributed by atoms with van der Waals surface area (Å²) in [4.78, 5) is 4.25. The number of aromatic nitrogens is 1. The van der Waals surface area contributed by atoms with Crippen LogP contribution in [0.1, 0.15) is 51.1 Å². The third kappa shape index (κ3) is 2.27. The minimum absolute atomic E-state index is 0.416. The Kier molecular flexibility index (Phi) is 3.59. The maximum atomic E-state index is 4.25. The number of hydrogen-bond donors (Lipinski definition) is 1. The molecule has 1 atom stereocenters. The van der Waals surface area contributed by atoms with Crippen LogP contribution in [0.5, 0.6) is 0 Å². The van der Waals surface area contributed by atoms with Gasteiger partial charge in [-0.25, -0.2) is 0 Å². The lowest BCUT2D eigenvalue weighted by atomic mass is 9.77. The van der Waals surface area contributed by atoms with Crippen molar-refractivity contribution in [3.63, 3.8) is 0 Å². The standard InChI is InChI=1S/C14H22N2/c1-3-16-13(12-7-6-10-15-11-12)14(2)8-4-5-9-14/h6-7,10-11,13,16H,3-5,8-9H2,1-2H3. The molecule has 1 fully saturated rings. The van der Waals surface area contributed by atoms with Crippen molar-refractivity contribution in [1.82, 2.24) is 10.3 Å². The third-order valence-electron chi connectivity index (χ3n) is 3.87. The normalized spacial score (nSPS) is 20.9. The summed E-state index contributed by atoms with van der Waals surface area (Å²) >= 11 is 0. The molecule has 0 aliphatic heterocycles. The van der Waals surface area contributed by atoms with Gasteiger partial charge in [-0.15, -0.1) is 0 Å². The zero-order valence-corrected chi connectivity index (χ0v) is 10.4. The van der Waals surface area contributed by atoms with Crippen LogP contribution in [-0.2, 0) is 0 Å². The highest BCUT2D eigenvalue weighted by Gasteiger charge is 2.37.